The molecule has 0 spiro atoms. The van der Waals surface area contributed by atoms with Gasteiger partial charge in [0, 0.05) is 10.6 Å². The minimum Gasteiger partial charge on any atom is -0.494 e. The Hall–Kier alpha value is -1.34. The van der Waals surface area contributed by atoms with Crippen molar-refractivity contribution in [2.75, 3.05) is 12.4 Å². The van der Waals surface area contributed by atoms with Crippen LogP contribution in [0.15, 0.2) is 47.4 Å². The van der Waals surface area contributed by atoms with E-state index in [9.17, 15) is 0 Å². The molecule has 0 aliphatic rings. The number of halogens is 2. The van der Waals surface area contributed by atoms with Crippen LogP contribution in [0.4, 0.5) is 0 Å². The summed E-state index contributed by atoms with van der Waals surface area (Å²) >= 11 is 13.5. The lowest BCUT2D eigenvalue weighted by Gasteiger charge is -2.06. The molecule has 108 valence electrons. The topological polar surface area (TPSA) is 33.0 Å². The predicted molar refractivity (Wildman–Crippen MR) is 88.5 cm³/mol. The summed E-state index contributed by atoms with van der Waals surface area (Å²) in [6.07, 6.45) is 0.904. The van der Waals surface area contributed by atoms with E-state index >= 15 is 0 Å². The van der Waals surface area contributed by atoms with Crippen LogP contribution >= 0.6 is 35.0 Å². The van der Waals surface area contributed by atoms with Crippen LogP contribution in [0.25, 0.3) is 0 Å². The second kappa shape index (κ2) is 8.19. The summed E-state index contributed by atoms with van der Waals surface area (Å²) in [6, 6.07) is 14.9. The third-order valence-corrected chi connectivity index (χ3v) is 4.50. The first-order chi connectivity index (χ1) is 10.2. The molecule has 0 aliphatic carbocycles. The Morgan fingerprint density at radius 2 is 1.95 bits per heavy atom. The maximum atomic E-state index is 8.81. The Morgan fingerprint density at radius 1 is 1.10 bits per heavy atom. The SMILES string of the molecule is N#Cc1cccc(OCCCSc2ccc(Cl)c(Cl)c2)c1. The van der Waals surface area contributed by atoms with Crippen LogP contribution in [0, 0.1) is 11.3 Å². The van der Waals surface area contributed by atoms with Gasteiger partial charge < -0.3 is 4.74 Å². The van der Waals surface area contributed by atoms with E-state index in [0.29, 0.717) is 22.2 Å². The van der Waals surface area contributed by atoms with E-state index in [-0.39, 0.29) is 0 Å². The van der Waals surface area contributed by atoms with E-state index in [1.54, 1.807) is 30.0 Å². The van der Waals surface area contributed by atoms with E-state index in [1.807, 2.05) is 24.3 Å². The molecule has 2 aromatic rings. The van der Waals surface area contributed by atoms with Crippen LogP contribution in [0.3, 0.4) is 0 Å². The van der Waals surface area contributed by atoms with Gasteiger partial charge in [-0.3, -0.25) is 0 Å². The highest BCUT2D eigenvalue weighted by Crippen LogP contribution is 2.28. The summed E-state index contributed by atoms with van der Waals surface area (Å²) < 4.78 is 5.62. The molecule has 5 heteroatoms. The Morgan fingerprint density at radius 3 is 2.71 bits per heavy atom. The molecular weight excluding hydrogens is 325 g/mol. The van der Waals surface area contributed by atoms with Crippen molar-refractivity contribution in [3.05, 3.63) is 58.1 Å². The van der Waals surface area contributed by atoms with E-state index in [2.05, 4.69) is 6.07 Å². The number of nitriles is 1. The molecule has 0 aliphatic heterocycles. The molecule has 2 nitrogen and oxygen atoms in total. The molecule has 0 saturated carbocycles. The van der Waals surface area contributed by atoms with Gasteiger partial charge in [0.05, 0.1) is 28.3 Å². The maximum absolute atomic E-state index is 8.81. The molecule has 0 radical (unpaired) electrons. The van der Waals surface area contributed by atoms with Gasteiger partial charge in [-0.15, -0.1) is 11.8 Å². The van der Waals surface area contributed by atoms with Crippen molar-refractivity contribution in [2.45, 2.75) is 11.3 Å². The van der Waals surface area contributed by atoms with Gasteiger partial charge in [0.2, 0.25) is 0 Å². The third-order valence-electron chi connectivity index (χ3n) is 2.68. The van der Waals surface area contributed by atoms with Crippen LogP contribution in [-0.4, -0.2) is 12.4 Å². The highest BCUT2D eigenvalue weighted by molar-refractivity contribution is 7.99. The van der Waals surface area contributed by atoms with Crippen molar-refractivity contribution in [2.24, 2.45) is 0 Å². The van der Waals surface area contributed by atoms with Gasteiger partial charge in [-0.25, -0.2) is 0 Å². The first kappa shape index (κ1) is 16.0. The average molecular weight is 338 g/mol. The van der Waals surface area contributed by atoms with Crippen molar-refractivity contribution in [3.8, 4) is 11.8 Å². The van der Waals surface area contributed by atoms with E-state index in [1.165, 1.54) is 0 Å². The quantitative estimate of drug-likeness (QED) is 0.520. The second-order valence-corrected chi connectivity index (χ2v) is 6.25. The highest BCUT2D eigenvalue weighted by Gasteiger charge is 2.01. The van der Waals surface area contributed by atoms with Gasteiger partial charge in [0.15, 0.2) is 0 Å². The van der Waals surface area contributed by atoms with Crippen LogP contribution in [0.5, 0.6) is 5.75 Å². The number of hydrogen-bond acceptors (Lipinski definition) is 3. The van der Waals surface area contributed by atoms with Crippen LogP contribution in [-0.2, 0) is 0 Å². The summed E-state index contributed by atoms with van der Waals surface area (Å²) in [6.45, 7) is 0.614. The molecule has 0 unspecified atom stereocenters. The number of benzene rings is 2. The minimum atomic E-state index is 0.571. The molecule has 0 bridgehead atoms. The molecular formula is C16H13Cl2NOS. The van der Waals surface area contributed by atoms with E-state index < -0.39 is 0 Å². The van der Waals surface area contributed by atoms with Crippen LogP contribution in [0.2, 0.25) is 10.0 Å². The maximum Gasteiger partial charge on any atom is 0.120 e. The smallest absolute Gasteiger partial charge is 0.120 e. The fourth-order valence-corrected chi connectivity index (χ4v) is 2.89. The zero-order valence-corrected chi connectivity index (χ0v) is 13.5. The van der Waals surface area contributed by atoms with Gasteiger partial charge >= 0.3 is 0 Å². The molecule has 0 heterocycles. The molecule has 0 amide bonds. The number of rotatable bonds is 6. The molecule has 0 N–H and O–H groups in total. The van der Waals surface area contributed by atoms with E-state index in [0.717, 1.165) is 22.8 Å². The number of thioether (sulfide) groups is 1. The van der Waals surface area contributed by atoms with Gasteiger partial charge in [-0.2, -0.15) is 5.26 Å². The summed E-state index contributed by atoms with van der Waals surface area (Å²) in [5, 5.41) is 9.96. The summed E-state index contributed by atoms with van der Waals surface area (Å²) in [5.74, 6) is 1.66. The first-order valence-electron chi connectivity index (χ1n) is 6.40. The fraction of sp³-hybridized carbons (Fsp3) is 0.188. The summed E-state index contributed by atoms with van der Waals surface area (Å²) in [7, 11) is 0. The highest BCUT2D eigenvalue weighted by atomic mass is 35.5. The molecule has 0 atom stereocenters. The lowest BCUT2D eigenvalue weighted by atomic mass is 10.2. The second-order valence-electron chi connectivity index (χ2n) is 4.27. The lowest BCUT2D eigenvalue weighted by Crippen LogP contribution is -1.98. The zero-order valence-electron chi connectivity index (χ0n) is 11.2. The Labute approximate surface area is 138 Å². The van der Waals surface area contributed by atoms with Crippen molar-refractivity contribution < 1.29 is 4.74 Å². The molecule has 0 fully saturated rings. The Balaban J connectivity index is 1.72. The molecule has 0 aromatic heterocycles. The van der Waals surface area contributed by atoms with Crippen molar-refractivity contribution in [1.29, 1.82) is 5.26 Å². The van der Waals surface area contributed by atoms with Crippen LogP contribution in [0.1, 0.15) is 12.0 Å². The molecule has 21 heavy (non-hydrogen) atoms. The Kier molecular flexibility index (Phi) is 6.25. The molecule has 2 rings (SSSR count). The lowest BCUT2D eigenvalue weighted by molar-refractivity contribution is 0.318. The zero-order chi connectivity index (χ0) is 15.1. The molecule has 0 saturated heterocycles. The summed E-state index contributed by atoms with van der Waals surface area (Å²) in [4.78, 5) is 1.09. The third kappa shape index (κ3) is 5.17. The first-order valence-corrected chi connectivity index (χ1v) is 8.14. The largest absolute Gasteiger partial charge is 0.494 e. The number of hydrogen-bond donors (Lipinski definition) is 0. The fourth-order valence-electron chi connectivity index (χ4n) is 1.66. The normalized spacial score (nSPS) is 10.1. The van der Waals surface area contributed by atoms with Gasteiger partial charge in [-0.1, -0.05) is 29.3 Å². The standard InChI is InChI=1S/C16H13Cl2NOS/c17-15-6-5-14(10-16(15)18)21-8-2-7-20-13-4-1-3-12(9-13)11-19/h1,3-6,9-10H,2,7-8H2. The van der Waals surface area contributed by atoms with Crippen molar-refractivity contribution in [1.82, 2.24) is 0 Å². The summed E-state index contributed by atoms with van der Waals surface area (Å²) in [5.41, 5.74) is 0.609. The van der Waals surface area contributed by atoms with Gasteiger partial charge in [0.25, 0.3) is 0 Å². The van der Waals surface area contributed by atoms with E-state index in [4.69, 9.17) is 33.2 Å². The van der Waals surface area contributed by atoms with Crippen molar-refractivity contribution >= 4 is 35.0 Å². The van der Waals surface area contributed by atoms with Gasteiger partial charge in [0.1, 0.15) is 5.75 Å². The minimum absolute atomic E-state index is 0.571. The number of nitrogens with zero attached hydrogens (tertiary/aromatic N) is 1. The Bertz CT molecular complexity index is 655. The predicted octanol–water partition coefficient (Wildman–Crippen LogP) is 5.43. The number of ether oxygens (including phenoxy) is 1. The average Bonchev–Trinajstić information content (AvgIpc) is 2.50. The van der Waals surface area contributed by atoms with Crippen LogP contribution < -0.4 is 4.74 Å². The monoisotopic (exact) mass is 337 g/mol. The van der Waals surface area contributed by atoms with Crippen molar-refractivity contribution in [3.63, 3.8) is 0 Å². The van der Waals surface area contributed by atoms with Gasteiger partial charge in [-0.05, 0) is 42.8 Å². The molecule has 2 aromatic carbocycles.